The van der Waals surface area contributed by atoms with Crippen molar-refractivity contribution in [1.29, 1.82) is 0 Å². The van der Waals surface area contributed by atoms with Crippen LogP contribution in [0.4, 0.5) is 4.39 Å². The number of ether oxygens (including phenoxy) is 1. The van der Waals surface area contributed by atoms with Crippen molar-refractivity contribution in [3.8, 4) is 5.75 Å². The summed E-state index contributed by atoms with van der Waals surface area (Å²) < 4.78 is 18.3. The second-order valence-corrected chi connectivity index (χ2v) is 2.67. The van der Waals surface area contributed by atoms with Gasteiger partial charge in [-0.1, -0.05) is 19.6 Å². The Morgan fingerprint density at radius 1 is 1.54 bits per heavy atom. The average molecular weight is 179 g/mol. The minimum Gasteiger partial charge on any atom is -0.491 e. The van der Waals surface area contributed by atoms with Crippen LogP contribution in [0.2, 0.25) is 0 Å². The van der Waals surface area contributed by atoms with Crippen LogP contribution < -0.4 is 4.74 Å². The maximum absolute atomic E-state index is 13.2. The van der Waals surface area contributed by atoms with Crippen molar-refractivity contribution in [2.45, 2.75) is 13.3 Å². The first-order valence-corrected chi connectivity index (χ1v) is 4.23. The Labute approximate surface area is 77.8 Å². The molecule has 0 N–H and O–H groups in total. The Balaban J connectivity index is 2.79. The van der Waals surface area contributed by atoms with Gasteiger partial charge in [0.25, 0.3) is 0 Å². The molecule has 0 aliphatic rings. The fourth-order valence-corrected chi connectivity index (χ4v) is 0.940. The molecule has 0 atom stereocenters. The van der Waals surface area contributed by atoms with Gasteiger partial charge in [0.15, 0.2) is 11.6 Å². The van der Waals surface area contributed by atoms with Crippen LogP contribution in [0.5, 0.6) is 5.75 Å². The van der Waals surface area contributed by atoms with E-state index in [9.17, 15) is 4.39 Å². The van der Waals surface area contributed by atoms with Gasteiger partial charge in [-0.05, 0) is 30.2 Å². The lowest BCUT2D eigenvalue weighted by atomic mass is 10.2. The molecule has 13 heavy (non-hydrogen) atoms. The van der Waals surface area contributed by atoms with Crippen LogP contribution in [0.3, 0.4) is 0 Å². The van der Waals surface area contributed by atoms with Gasteiger partial charge in [0.2, 0.25) is 0 Å². The van der Waals surface area contributed by atoms with Gasteiger partial charge < -0.3 is 4.74 Å². The van der Waals surface area contributed by atoms with Gasteiger partial charge in [0.05, 0.1) is 6.61 Å². The highest BCUT2D eigenvalue weighted by molar-refractivity contribution is 5.31. The first-order valence-electron chi connectivity index (χ1n) is 4.23. The standard InChI is InChI=1S/C11H12FO/c1-3-7-13-11-6-5-9(4-2)8-10(11)12/h5-6,8H,2-3,7H2,1H3. The first-order chi connectivity index (χ1) is 6.27. The van der Waals surface area contributed by atoms with Gasteiger partial charge in [-0.25, -0.2) is 4.39 Å². The predicted octanol–water partition coefficient (Wildman–Crippen LogP) is 2.95. The first kappa shape index (κ1) is 9.78. The van der Waals surface area contributed by atoms with E-state index in [1.807, 2.05) is 6.92 Å². The zero-order valence-corrected chi connectivity index (χ0v) is 7.64. The molecule has 2 heteroatoms. The molecule has 0 unspecified atom stereocenters. The van der Waals surface area contributed by atoms with Crippen LogP contribution in [0, 0.1) is 11.9 Å². The Kier molecular flexibility index (Phi) is 3.50. The van der Waals surface area contributed by atoms with E-state index in [2.05, 4.69) is 12.7 Å². The van der Waals surface area contributed by atoms with Crippen molar-refractivity contribution in [2.24, 2.45) is 0 Å². The van der Waals surface area contributed by atoms with E-state index in [0.717, 1.165) is 6.42 Å². The van der Waals surface area contributed by atoms with Crippen LogP contribution in [0.15, 0.2) is 24.8 Å². The monoisotopic (exact) mass is 179 g/mol. The summed E-state index contributed by atoms with van der Waals surface area (Å²) in [5.41, 5.74) is 0.640. The van der Waals surface area contributed by atoms with Gasteiger partial charge in [-0.15, -0.1) is 0 Å². The Morgan fingerprint density at radius 2 is 2.31 bits per heavy atom. The second-order valence-electron chi connectivity index (χ2n) is 2.67. The Hall–Kier alpha value is -1.31. The molecule has 1 rings (SSSR count). The number of hydrogen-bond donors (Lipinski definition) is 0. The van der Waals surface area contributed by atoms with Gasteiger partial charge in [-0.3, -0.25) is 0 Å². The molecule has 0 aliphatic carbocycles. The minimum absolute atomic E-state index is 0.292. The molecule has 0 bridgehead atoms. The van der Waals surface area contributed by atoms with Crippen molar-refractivity contribution in [2.75, 3.05) is 6.61 Å². The molecule has 0 heterocycles. The van der Waals surface area contributed by atoms with Crippen molar-refractivity contribution in [1.82, 2.24) is 0 Å². The quantitative estimate of drug-likeness (QED) is 0.690. The van der Waals surface area contributed by atoms with Crippen molar-refractivity contribution >= 4 is 0 Å². The van der Waals surface area contributed by atoms with Crippen LogP contribution >= 0.6 is 0 Å². The third kappa shape index (κ3) is 2.58. The van der Waals surface area contributed by atoms with E-state index in [0.29, 0.717) is 17.9 Å². The molecule has 0 fully saturated rings. The van der Waals surface area contributed by atoms with E-state index >= 15 is 0 Å². The lowest BCUT2D eigenvalue weighted by Gasteiger charge is -2.05. The maximum Gasteiger partial charge on any atom is 0.165 e. The molecule has 69 valence electrons. The summed E-state index contributed by atoms with van der Waals surface area (Å²) in [4.78, 5) is 0. The van der Waals surface area contributed by atoms with E-state index in [1.165, 1.54) is 6.07 Å². The molecule has 1 nitrogen and oxygen atoms in total. The van der Waals surface area contributed by atoms with E-state index in [4.69, 9.17) is 4.74 Å². The summed E-state index contributed by atoms with van der Waals surface area (Å²) in [5, 5.41) is 0. The fraction of sp³-hybridized carbons (Fsp3) is 0.273. The highest BCUT2D eigenvalue weighted by Gasteiger charge is 2.02. The fourth-order valence-electron chi connectivity index (χ4n) is 0.940. The normalized spacial score (nSPS) is 9.69. The molecule has 0 amide bonds. The molecule has 0 saturated heterocycles. The third-order valence-corrected chi connectivity index (χ3v) is 1.60. The summed E-state index contributed by atoms with van der Waals surface area (Å²) >= 11 is 0. The smallest absolute Gasteiger partial charge is 0.165 e. The molecular weight excluding hydrogens is 167 g/mol. The van der Waals surface area contributed by atoms with Gasteiger partial charge in [0, 0.05) is 0 Å². The zero-order chi connectivity index (χ0) is 9.68. The summed E-state index contributed by atoms with van der Waals surface area (Å²) in [6.45, 7) is 5.94. The van der Waals surface area contributed by atoms with Crippen LogP contribution in [0.1, 0.15) is 18.9 Å². The number of halogens is 1. The Morgan fingerprint density at radius 3 is 2.85 bits per heavy atom. The van der Waals surface area contributed by atoms with Crippen LogP contribution in [-0.2, 0) is 0 Å². The Bertz CT molecular complexity index is 294. The molecule has 0 saturated carbocycles. The minimum atomic E-state index is -0.359. The van der Waals surface area contributed by atoms with Crippen molar-refractivity contribution in [3.63, 3.8) is 0 Å². The van der Waals surface area contributed by atoms with Gasteiger partial charge >= 0.3 is 0 Å². The third-order valence-electron chi connectivity index (χ3n) is 1.60. The summed E-state index contributed by atoms with van der Waals surface area (Å²) in [6.07, 6.45) is 3.48. The highest BCUT2D eigenvalue weighted by atomic mass is 19.1. The van der Waals surface area contributed by atoms with E-state index in [-0.39, 0.29) is 5.82 Å². The lowest BCUT2D eigenvalue weighted by Crippen LogP contribution is -1.97. The molecule has 0 aliphatic heterocycles. The topological polar surface area (TPSA) is 9.23 Å². The van der Waals surface area contributed by atoms with Gasteiger partial charge in [0.1, 0.15) is 0 Å². The number of benzene rings is 1. The maximum atomic E-state index is 13.2. The average Bonchev–Trinajstić information content (AvgIpc) is 2.16. The van der Waals surface area contributed by atoms with Crippen molar-refractivity contribution in [3.05, 3.63) is 42.2 Å². The number of hydrogen-bond acceptors (Lipinski definition) is 1. The molecule has 0 spiro atoms. The second kappa shape index (κ2) is 4.65. The molecule has 1 aromatic rings. The molecule has 1 aromatic carbocycles. The van der Waals surface area contributed by atoms with Gasteiger partial charge in [-0.2, -0.15) is 0 Å². The predicted molar refractivity (Wildman–Crippen MR) is 50.2 cm³/mol. The van der Waals surface area contributed by atoms with E-state index in [1.54, 1.807) is 12.1 Å². The largest absolute Gasteiger partial charge is 0.491 e. The molecular formula is C11H12FO. The molecule has 1 radical (unpaired) electrons. The summed E-state index contributed by atoms with van der Waals surface area (Å²) in [5.74, 6) is -0.0667. The van der Waals surface area contributed by atoms with Crippen molar-refractivity contribution < 1.29 is 9.13 Å². The SMILES string of the molecule is C=[C]c1ccc(OCCC)c(F)c1. The molecule has 0 aromatic heterocycles. The summed E-state index contributed by atoms with van der Waals surface area (Å²) in [7, 11) is 0. The number of rotatable bonds is 4. The lowest BCUT2D eigenvalue weighted by molar-refractivity contribution is 0.301. The van der Waals surface area contributed by atoms with E-state index < -0.39 is 0 Å². The zero-order valence-electron chi connectivity index (χ0n) is 7.64. The van der Waals surface area contributed by atoms with Crippen LogP contribution in [0.25, 0.3) is 0 Å². The van der Waals surface area contributed by atoms with Crippen LogP contribution in [-0.4, -0.2) is 6.61 Å². The summed E-state index contributed by atoms with van der Waals surface area (Å²) in [6, 6.07) is 4.68. The highest BCUT2D eigenvalue weighted by Crippen LogP contribution is 2.18.